The van der Waals surface area contributed by atoms with Crippen LogP contribution in [0.5, 0.6) is 11.5 Å². The van der Waals surface area contributed by atoms with Crippen molar-refractivity contribution < 1.29 is 19.1 Å². The summed E-state index contributed by atoms with van der Waals surface area (Å²) in [6, 6.07) is 11.7. The first-order chi connectivity index (χ1) is 14.8. The first-order valence-corrected chi connectivity index (χ1v) is 11.8. The van der Waals surface area contributed by atoms with Gasteiger partial charge in [0, 0.05) is 10.0 Å². The summed E-state index contributed by atoms with van der Waals surface area (Å²) in [5.74, 6) is 1.48. The molecular weight excluding hydrogens is 478 g/mol. The van der Waals surface area contributed by atoms with Crippen LogP contribution < -0.4 is 9.47 Å². The van der Waals surface area contributed by atoms with Crippen LogP contribution in [0.3, 0.4) is 0 Å². The van der Waals surface area contributed by atoms with E-state index >= 15 is 0 Å². The molecule has 2 aromatic rings. The molecule has 0 saturated carbocycles. The average Bonchev–Trinajstić information content (AvgIpc) is 2.97. The van der Waals surface area contributed by atoms with E-state index in [1.807, 2.05) is 38.1 Å². The Kier molecular flexibility index (Phi) is 7.84. The van der Waals surface area contributed by atoms with Crippen LogP contribution in [0.4, 0.5) is 4.79 Å². The number of ether oxygens (including phenoxy) is 2. The number of carbonyl (C=O) groups excluding carboxylic acids is 2. The minimum absolute atomic E-state index is 0.199. The third kappa shape index (κ3) is 5.71. The highest BCUT2D eigenvalue weighted by Gasteiger charge is 2.35. The molecule has 2 aromatic carbocycles. The molecule has 0 atom stereocenters. The number of imide groups is 1. The number of hydrogen-bond donors (Lipinski definition) is 0. The zero-order valence-corrected chi connectivity index (χ0v) is 20.5. The van der Waals surface area contributed by atoms with Crippen LogP contribution in [-0.2, 0) is 4.79 Å². The van der Waals surface area contributed by atoms with Crippen molar-refractivity contribution in [2.75, 3.05) is 19.8 Å². The summed E-state index contributed by atoms with van der Waals surface area (Å²) in [5, 5.41) is -0.291. The lowest BCUT2D eigenvalue weighted by Crippen LogP contribution is -2.32. The molecule has 7 heteroatoms. The van der Waals surface area contributed by atoms with Crippen molar-refractivity contribution in [2.24, 2.45) is 0 Å². The maximum Gasteiger partial charge on any atom is 0.293 e. The number of carbonyl (C=O) groups is 2. The van der Waals surface area contributed by atoms with Gasteiger partial charge in [-0.15, -0.1) is 0 Å². The topological polar surface area (TPSA) is 55.8 Å². The molecule has 0 unspecified atom stereocenters. The zero-order chi connectivity index (χ0) is 22.5. The van der Waals surface area contributed by atoms with Crippen LogP contribution in [-0.4, -0.2) is 35.8 Å². The third-order valence-electron chi connectivity index (χ3n) is 4.80. The van der Waals surface area contributed by atoms with Crippen LogP contribution >= 0.6 is 27.7 Å². The van der Waals surface area contributed by atoms with Crippen molar-refractivity contribution in [1.29, 1.82) is 0 Å². The predicted molar refractivity (Wildman–Crippen MR) is 129 cm³/mol. The Morgan fingerprint density at radius 3 is 2.58 bits per heavy atom. The van der Waals surface area contributed by atoms with Gasteiger partial charge in [0.1, 0.15) is 18.1 Å². The quantitative estimate of drug-likeness (QED) is 0.390. The molecule has 0 aromatic heterocycles. The number of halogens is 1. The van der Waals surface area contributed by atoms with E-state index in [0.29, 0.717) is 23.2 Å². The Morgan fingerprint density at radius 2 is 1.87 bits per heavy atom. The Balaban J connectivity index is 1.71. The molecular formula is C24H26BrNO4S. The van der Waals surface area contributed by atoms with Gasteiger partial charge in [-0.2, -0.15) is 0 Å². The van der Waals surface area contributed by atoms with Gasteiger partial charge in [0.2, 0.25) is 0 Å². The number of thioether (sulfide) groups is 1. The molecule has 1 fully saturated rings. The second-order valence-electron chi connectivity index (χ2n) is 7.49. The number of hydrogen-bond acceptors (Lipinski definition) is 5. The molecule has 1 heterocycles. The minimum Gasteiger partial charge on any atom is -0.493 e. The van der Waals surface area contributed by atoms with Gasteiger partial charge < -0.3 is 9.47 Å². The Morgan fingerprint density at radius 1 is 1.10 bits per heavy atom. The third-order valence-corrected chi connectivity index (χ3v) is 6.20. The second kappa shape index (κ2) is 10.4. The SMILES string of the molecule is CCOc1ccc(Br)cc1/C=C1\SC(=O)N(CCOc2cc(C)ccc2C(C)C)C1=O. The Hall–Kier alpha value is -2.25. The zero-order valence-electron chi connectivity index (χ0n) is 18.1. The number of benzene rings is 2. The fourth-order valence-electron chi connectivity index (χ4n) is 3.24. The van der Waals surface area contributed by atoms with E-state index in [2.05, 4.69) is 41.9 Å². The average molecular weight is 504 g/mol. The van der Waals surface area contributed by atoms with Gasteiger partial charge in [0.05, 0.1) is 18.1 Å². The smallest absolute Gasteiger partial charge is 0.293 e. The molecule has 164 valence electrons. The lowest BCUT2D eigenvalue weighted by Gasteiger charge is -2.17. The normalized spacial score (nSPS) is 15.3. The lowest BCUT2D eigenvalue weighted by atomic mass is 10.0. The fraction of sp³-hybridized carbons (Fsp3) is 0.333. The molecule has 0 bridgehead atoms. The van der Waals surface area contributed by atoms with Crippen molar-refractivity contribution in [3.8, 4) is 11.5 Å². The van der Waals surface area contributed by atoms with Crippen LogP contribution in [0.15, 0.2) is 45.8 Å². The highest BCUT2D eigenvalue weighted by Crippen LogP contribution is 2.35. The van der Waals surface area contributed by atoms with Crippen molar-refractivity contribution >= 4 is 44.9 Å². The predicted octanol–water partition coefficient (Wildman–Crippen LogP) is 6.39. The van der Waals surface area contributed by atoms with E-state index in [0.717, 1.165) is 38.7 Å². The highest BCUT2D eigenvalue weighted by atomic mass is 79.9. The molecule has 1 aliphatic rings. The van der Waals surface area contributed by atoms with Gasteiger partial charge in [0.25, 0.3) is 11.1 Å². The summed E-state index contributed by atoms with van der Waals surface area (Å²) >= 11 is 4.38. The van der Waals surface area contributed by atoms with E-state index in [1.165, 1.54) is 4.90 Å². The summed E-state index contributed by atoms with van der Waals surface area (Å²) in [4.78, 5) is 26.9. The maximum atomic E-state index is 12.9. The molecule has 1 saturated heterocycles. The Bertz CT molecular complexity index is 1020. The molecule has 0 N–H and O–H groups in total. The fourth-order valence-corrected chi connectivity index (χ4v) is 4.48. The summed E-state index contributed by atoms with van der Waals surface area (Å²) < 4.78 is 12.5. The van der Waals surface area contributed by atoms with Gasteiger partial charge >= 0.3 is 0 Å². The molecule has 5 nitrogen and oxygen atoms in total. The van der Waals surface area contributed by atoms with Crippen LogP contribution in [0.2, 0.25) is 0 Å². The summed E-state index contributed by atoms with van der Waals surface area (Å²) in [6.07, 6.45) is 1.71. The van der Waals surface area contributed by atoms with E-state index in [4.69, 9.17) is 9.47 Å². The van der Waals surface area contributed by atoms with E-state index in [-0.39, 0.29) is 24.3 Å². The van der Waals surface area contributed by atoms with Crippen molar-refractivity contribution in [2.45, 2.75) is 33.6 Å². The summed E-state index contributed by atoms with van der Waals surface area (Å²) in [5.41, 5.74) is 2.96. The number of amides is 2. The highest BCUT2D eigenvalue weighted by molar-refractivity contribution is 9.10. The van der Waals surface area contributed by atoms with Gasteiger partial charge in [-0.3, -0.25) is 14.5 Å². The van der Waals surface area contributed by atoms with Crippen LogP contribution in [0.1, 0.15) is 43.4 Å². The van der Waals surface area contributed by atoms with E-state index in [1.54, 1.807) is 6.08 Å². The lowest BCUT2D eigenvalue weighted by molar-refractivity contribution is -0.123. The molecule has 0 aliphatic carbocycles. The monoisotopic (exact) mass is 503 g/mol. The molecule has 0 radical (unpaired) electrons. The second-order valence-corrected chi connectivity index (χ2v) is 9.40. The van der Waals surface area contributed by atoms with Gasteiger partial charge in [0.15, 0.2) is 0 Å². The minimum atomic E-state index is -0.311. The largest absolute Gasteiger partial charge is 0.493 e. The maximum absolute atomic E-state index is 12.9. The summed E-state index contributed by atoms with van der Waals surface area (Å²) in [7, 11) is 0. The van der Waals surface area contributed by atoms with Crippen molar-refractivity contribution in [3.63, 3.8) is 0 Å². The van der Waals surface area contributed by atoms with Gasteiger partial charge in [-0.1, -0.05) is 41.9 Å². The van der Waals surface area contributed by atoms with Crippen LogP contribution in [0, 0.1) is 6.92 Å². The van der Waals surface area contributed by atoms with E-state index in [9.17, 15) is 9.59 Å². The van der Waals surface area contributed by atoms with Gasteiger partial charge in [-0.05, 0) is 73.0 Å². The van der Waals surface area contributed by atoms with E-state index < -0.39 is 0 Å². The molecule has 0 spiro atoms. The molecule has 31 heavy (non-hydrogen) atoms. The van der Waals surface area contributed by atoms with Crippen LogP contribution in [0.25, 0.3) is 6.08 Å². The molecule has 3 rings (SSSR count). The first kappa shape index (κ1) is 23.4. The van der Waals surface area contributed by atoms with Crippen molar-refractivity contribution in [1.82, 2.24) is 4.90 Å². The van der Waals surface area contributed by atoms with Crippen molar-refractivity contribution in [3.05, 3.63) is 62.5 Å². The standard InChI is InChI=1S/C24H26BrNO4S/c1-5-29-20-9-7-18(25)13-17(20)14-22-23(27)26(24(28)31-22)10-11-30-21-12-16(4)6-8-19(21)15(2)3/h6-9,12-15H,5,10-11H2,1-4H3/b22-14-. The number of nitrogens with zero attached hydrogens (tertiary/aromatic N) is 1. The Labute approximate surface area is 195 Å². The van der Waals surface area contributed by atoms with Gasteiger partial charge in [-0.25, -0.2) is 0 Å². The summed E-state index contributed by atoms with van der Waals surface area (Å²) in [6.45, 7) is 9.09. The molecule has 1 aliphatic heterocycles. The number of rotatable bonds is 8. The molecule has 2 amide bonds. The first-order valence-electron chi connectivity index (χ1n) is 10.2. The number of aryl methyl sites for hydroxylation is 1.